The molecule has 15 heteroatoms. The average Bonchev–Trinajstić information content (AvgIpc) is 3.13. The van der Waals surface area contributed by atoms with Gasteiger partial charge in [-0.15, -0.1) is 16.4 Å². The first kappa shape index (κ1) is 24.2. The third-order valence-corrected chi connectivity index (χ3v) is 5.65. The van der Waals surface area contributed by atoms with Gasteiger partial charge in [0.1, 0.15) is 23.1 Å². The molecule has 1 fully saturated rings. The quantitative estimate of drug-likeness (QED) is 0.171. The number of alkyl halides is 3. The van der Waals surface area contributed by atoms with E-state index in [1.54, 1.807) is 0 Å². The molecular formula is C16H18F3N5O6S. The van der Waals surface area contributed by atoms with Crippen molar-refractivity contribution in [2.24, 2.45) is 5.73 Å². The molecule has 1 saturated heterocycles. The molecule has 11 nitrogen and oxygen atoms in total. The van der Waals surface area contributed by atoms with Crippen LogP contribution in [0.2, 0.25) is 0 Å². The number of carboxylic acid groups (broad SMARTS) is 2. The number of nitrogens with two attached hydrogens (primary N) is 1. The van der Waals surface area contributed by atoms with Gasteiger partial charge in [-0.3, -0.25) is 14.5 Å². The first-order valence-corrected chi connectivity index (χ1v) is 9.69. The summed E-state index contributed by atoms with van der Waals surface area (Å²) >= 11 is 1.48. The van der Waals surface area contributed by atoms with Crippen molar-refractivity contribution in [1.82, 2.24) is 14.9 Å². The number of halogens is 3. The number of β-lactam (4-membered cyclic amide) rings is 1. The Labute approximate surface area is 177 Å². The first-order chi connectivity index (χ1) is 14.5. The van der Waals surface area contributed by atoms with Crippen molar-refractivity contribution >= 4 is 36.0 Å². The molecule has 2 atom stereocenters. The van der Waals surface area contributed by atoms with Gasteiger partial charge in [-0.2, -0.15) is 17.9 Å². The number of aliphatic carboxylic acids is 2. The summed E-state index contributed by atoms with van der Waals surface area (Å²) in [5.74, 6) is -3.96. The summed E-state index contributed by atoms with van der Waals surface area (Å²) in [5.41, 5.74) is 6.44. The molecule has 0 spiro atoms. The van der Waals surface area contributed by atoms with E-state index in [4.69, 9.17) is 15.6 Å². The van der Waals surface area contributed by atoms with Gasteiger partial charge in [-0.1, -0.05) is 0 Å². The Morgan fingerprint density at radius 3 is 2.65 bits per heavy atom. The van der Waals surface area contributed by atoms with Gasteiger partial charge in [0.15, 0.2) is 12.7 Å². The maximum absolute atomic E-state index is 11.9. The highest BCUT2D eigenvalue weighted by molar-refractivity contribution is 8.00. The second-order valence-electron chi connectivity index (χ2n) is 6.30. The van der Waals surface area contributed by atoms with Crippen LogP contribution in [0.5, 0.6) is 0 Å². The lowest BCUT2D eigenvalue weighted by Crippen LogP contribution is -2.68. The van der Waals surface area contributed by atoms with E-state index in [9.17, 15) is 32.7 Å². The van der Waals surface area contributed by atoms with Crippen LogP contribution in [0.3, 0.4) is 0 Å². The van der Waals surface area contributed by atoms with Crippen molar-refractivity contribution in [2.45, 2.75) is 30.7 Å². The lowest BCUT2D eigenvalue weighted by atomic mass is 10.0. The summed E-state index contributed by atoms with van der Waals surface area (Å²) in [6.07, 6.45) is -0.889. The van der Waals surface area contributed by atoms with Crippen LogP contribution in [0.25, 0.3) is 0 Å². The number of amides is 2. The Morgan fingerprint density at radius 2 is 2.10 bits per heavy atom. The normalized spacial score (nSPS) is 20.3. The van der Waals surface area contributed by atoms with Crippen LogP contribution >= 0.6 is 11.8 Å². The summed E-state index contributed by atoms with van der Waals surface area (Å²) in [6, 6.07) is 1.21. The van der Waals surface area contributed by atoms with Crippen molar-refractivity contribution in [3.05, 3.63) is 29.7 Å². The molecule has 0 aliphatic carbocycles. The molecule has 2 aliphatic rings. The maximum atomic E-state index is 11.9. The Balaban J connectivity index is 0.000000423. The van der Waals surface area contributed by atoms with Gasteiger partial charge in [0.05, 0.1) is 12.7 Å². The minimum atomic E-state index is -5.19. The van der Waals surface area contributed by atoms with E-state index in [1.165, 1.54) is 16.7 Å². The average molecular weight is 465 g/mol. The van der Waals surface area contributed by atoms with E-state index in [0.717, 1.165) is 0 Å². The van der Waals surface area contributed by atoms with Crippen LogP contribution < -0.4 is 20.8 Å². The van der Waals surface area contributed by atoms with Crippen molar-refractivity contribution in [1.29, 1.82) is 0 Å². The fraction of sp³-hybridized carbons (Fsp3) is 0.438. The lowest BCUT2D eigenvalue weighted by Gasteiger charge is -2.47. The van der Waals surface area contributed by atoms with E-state index < -0.39 is 24.2 Å². The van der Waals surface area contributed by atoms with Crippen molar-refractivity contribution in [3.63, 3.8) is 0 Å². The van der Waals surface area contributed by atoms with Crippen LogP contribution in [0.1, 0.15) is 0 Å². The van der Waals surface area contributed by atoms with E-state index in [-0.39, 0.29) is 17.0 Å². The molecule has 0 unspecified atom stereocenters. The fourth-order valence-corrected chi connectivity index (χ4v) is 4.17. The monoisotopic (exact) mass is 465 g/mol. The molecule has 0 bridgehead atoms. The summed E-state index contributed by atoms with van der Waals surface area (Å²) in [4.78, 5) is 44.0. The van der Waals surface area contributed by atoms with E-state index >= 15 is 0 Å². The number of hydrogen-bond acceptors (Lipinski definition) is 7. The molecule has 1 aromatic heterocycles. The minimum absolute atomic E-state index is 0.0386. The summed E-state index contributed by atoms with van der Waals surface area (Å²) in [6.45, 7) is 1.39. The number of rotatable bonds is 7. The molecule has 3 heterocycles. The van der Waals surface area contributed by atoms with Crippen LogP contribution in [0, 0.1) is 0 Å². The Kier molecular flexibility index (Phi) is 7.67. The number of carboxylic acids is 2. The highest BCUT2D eigenvalue weighted by Gasteiger charge is 2.52. The summed E-state index contributed by atoms with van der Waals surface area (Å²) in [5, 5.41) is 20.6. The van der Waals surface area contributed by atoms with E-state index in [1.807, 2.05) is 27.8 Å². The molecule has 1 aromatic rings. The van der Waals surface area contributed by atoms with Gasteiger partial charge in [0.2, 0.25) is 12.3 Å². The Bertz CT molecular complexity index is 903. The number of carbonyl (C=O) groups excluding carboxylic acids is 3. The van der Waals surface area contributed by atoms with Crippen molar-refractivity contribution in [3.8, 4) is 0 Å². The Hall–Kier alpha value is -3.07. The molecule has 2 amide bonds. The maximum Gasteiger partial charge on any atom is 0.430 e. The molecule has 0 radical (unpaired) electrons. The van der Waals surface area contributed by atoms with Gasteiger partial charge in [-0.25, -0.2) is 4.79 Å². The summed E-state index contributed by atoms with van der Waals surface area (Å²) in [7, 11) is 0. The van der Waals surface area contributed by atoms with Gasteiger partial charge in [0.25, 0.3) is 0 Å². The highest BCUT2D eigenvalue weighted by Crippen LogP contribution is 2.39. The molecule has 3 rings (SSSR count). The number of hydrogen-bond donors (Lipinski definition) is 3. The number of aromatic nitrogens is 2. The standard InChI is InChI=1S/C14H17N5O4S.C2HF3O2/c15-10-12(21)19-11(14(22)23)9(7-24-13(10)19)6-18-4-1-3-17(18)5-2-16-8-20;3-2(4,5)1(6)7/h1,3-4,8,10,13H,2,5-7,15H2,(H-,16,20,22,23);(H,6,7)/t10-,13-;/m1./s1. The molecule has 0 saturated carbocycles. The largest absolute Gasteiger partial charge is 0.542 e. The highest BCUT2D eigenvalue weighted by atomic mass is 32.2. The SMILES string of the molecule is N[C@@H]1C(=O)N2C(C(=O)O)=C(C[n+]3cccn3CCNC=O)CS[C@H]12.O=C([O-])C(F)(F)F. The number of thioether (sulfide) groups is 1. The molecule has 4 N–H and O–H groups in total. The molecule has 0 aromatic carbocycles. The second kappa shape index (κ2) is 9.82. The second-order valence-corrected chi connectivity index (χ2v) is 7.41. The number of fused-ring (bicyclic) bond motifs is 1. The molecule has 31 heavy (non-hydrogen) atoms. The van der Waals surface area contributed by atoms with Crippen molar-refractivity contribution < 1.29 is 47.2 Å². The predicted octanol–water partition coefficient (Wildman–Crippen LogP) is -2.60. The first-order valence-electron chi connectivity index (χ1n) is 8.64. The molecule has 2 aliphatic heterocycles. The lowest BCUT2D eigenvalue weighted by molar-refractivity contribution is -0.768. The summed E-state index contributed by atoms with van der Waals surface area (Å²) < 4.78 is 35.3. The topological polar surface area (TPSA) is 162 Å². The van der Waals surface area contributed by atoms with Crippen LogP contribution in [0.15, 0.2) is 29.7 Å². The third-order valence-electron chi connectivity index (χ3n) is 4.29. The number of nitrogens with one attached hydrogen (secondary N) is 1. The van der Waals surface area contributed by atoms with Crippen LogP contribution in [-0.4, -0.2) is 68.8 Å². The molecule has 170 valence electrons. The van der Waals surface area contributed by atoms with E-state index in [0.29, 0.717) is 37.4 Å². The minimum Gasteiger partial charge on any atom is -0.542 e. The van der Waals surface area contributed by atoms with Crippen LogP contribution in [-0.2, 0) is 32.3 Å². The number of nitrogens with zero attached hydrogens (tertiary/aromatic N) is 3. The zero-order valence-electron chi connectivity index (χ0n) is 15.7. The van der Waals surface area contributed by atoms with Gasteiger partial charge in [0, 0.05) is 23.9 Å². The number of carbonyl (C=O) groups is 4. The predicted molar refractivity (Wildman–Crippen MR) is 95.5 cm³/mol. The van der Waals surface area contributed by atoms with Crippen molar-refractivity contribution in [2.75, 3.05) is 12.3 Å². The fourth-order valence-electron chi connectivity index (χ4n) is 2.89. The van der Waals surface area contributed by atoms with Gasteiger partial charge in [-0.05, 0) is 0 Å². The zero-order valence-corrected chi connectivity index (χ0v) is 16.6. The van der Waals surface area contributed by atoms with Gasteiger partial charge >= 0.3 is 12.1 Å². The molecular weight excluding hydrogens is 447 g/mol. The Morgan fingerprint density at radius 1 is 1.45 bits per heavy atom. The smallest absolute Gasteiger partial charge is 0.430 e. The zero-order chi connectivity index (χ0) is 23.3. The third kappa shape index (κ3) is 5.55. The van der Waals surface area contributed by atoms with E-state index in [2.05, 4.69) is 5.32 Å². The van der Waals surface area contributed by atoms with Gasteiger partial charge < -0.3 is 26.1 Å². The van der Waals surface area contributed by atoms with Crippen LogP contribution in [0.4, 0.5) is 13.2 Å².